The molecule has 12 nitrogen and oxygen atoms in total. The number of nitrogens with zero attached hydrogens (tertiary/aromatic N) is 4. The number of aromatic nitrogens is 4. The lowest BCUT2D eigenvalue weighted by atomic mass is 9.77. The molecule has 1 aliphatic heterocycles. The maximum atomic E-state index is 14.3. The monoisotopic (exact) mass is 1130 g/mol. The van der Waals surface area contributed by atoms with E-state index in [4.69, 9.17) is 13.5 Å². The zero-order valence-electron chi connectivity index (χ0n) is 46.3. The number of fused-ring (bicyclic) bond motifs is 3. The molecule has 2 aromatic heterocycles. The van der Waals surface area contributed by atoms with Gasteiger partial charge in [0.25, 0.3) is 0 Å². The molecule has 1 unspecified atom stereocenters. The number of carbonyl (C=O) groups excluding carboxylic acids is 3. The largest absolute Gasteiger partial charge is 0.414 e. The van der Waals surface area contributed by atoms with Gasteiger partial charge in [0, 0.05) is 61.5 Å². The topological polar surface area (TPSA) is 152 Å². The first-order valence-corrected chi connectivity index (χ1v) is 31.8. The van der Waals surface area contributed by atoms with Crippen LogP contribution in [-0.2, 0) is 33.2 Å². The van der Waals surface area contributed by atoms with Gasteiger partial charge in [-0.25, -0.2) is 18.7 Å². The summed E-state index contributed by atoms with van der Waals surface area (Å²) in [6.45, 7) is 11.2. The molecule has 1 atom stereocenters. The van der Waals surface area contributed by atoms with E-state index in [0.717, 1.165) is 66.5 Å². The van der Waals surface area contributed by atoms with Gasteiger partial charge in [0.2, 0.25) is 0 Å². The summed E-state index contributed by atoms with van der Waals surface area (Å²) < 4.78 is 60.9. The Hall–Kier alpha value is -6.32. The summed E-state index contributed by atoms with van der Waals surface area (Å²) in [5.74, 6) is -0.727. The standard InChI is InChI=1S/C29H21FN2O.C18H19FN2O2.C16H33O5PSi.CH4/c30-27-18-10-17-25(26(27)20-33)28-19-32(21-31-28)29(22-11-4-1-5-12-22,23-13-6-2-7-14-23)24-15-8-3-9-16-24;19-14-3-1-2-13-16-9-20-10-21(16)15(18(13)14)8-17(23)11-4-6-12(22)7-5-11;1-16(2,3)23(6,7)21-14-10-8-13(9-11-14)15(17)12-22(18,19-4)20-5;/h1-21H;1-3,9-12,15,22H,4-8H2;13-14H,8-12H2,1-7H3;1H4. The molecule has 2 aliphatic carbocycles. The average molecular weight is 1130 g/mol. The van der Waals surface area contributed by atoms with Crippen LogP contribution in [0.5, 0.6) is 0 Å². The summed E-state index contributed by atoms with van der Waals surface area (Å²) in [6, 6.07) is 40.0. The Bertz CT molecular complexity index is 3120. The van der Waals surface area contributed by atoms with Crippen molar-refractivity contribution in [3.8, 4) is 22.5 Å². The molecule has 0 radical (unpaired) electrons. The number of aldehydes is 1. The van der Waals surface area contributed by atoms with Crippen molar-refractivity contribution in [1.29, 1.82) is 0 Å². The van der Waals surface area contributed by atoms with Gasteiger partial charge in [-0.2, -0.15) is 0 Å². The maximum Gasteiger partial charge on any atom is 0.337 e. The van der Waals surface area contributed by atoms with Gasteiger partial charge in [-0.05, 0) is 98.3 Å². The number of hydrogen-bond acceptors (Lipinski definition) is 10. The molecule has 0 amide bonds. The van der Waals surface area contributed by atoms with E-state index in [9.17, 15) is 32.8 Å². The van der Waals surface area contributed by atoms with Crippen LogP contribution in [-0.4, -0.2) is 83.0 Å². The fraction of sp³-hybridized carbons (Fsp3) is 0.391. The molecule has 0 saturated heterocycles. The first kappa shape index (κ1) is 61.3. The molecular formula is C64H77F2N4O8PSi. The van der Waals surface area contributed by atoms with Gasteiger partial charge in [-0.3, -0.25) is 18.9 Å². The van der Waals surface area contributed by atoms with Crippen LogP contribution < -0.4 is 0 Å². The fourth-order valence-electron chi connectivity index (χ4n) is 11.1. The van der Waals surface area contributed by atoms with Gasteiger partial charge < -0.3 is 27.7 Å². The number of Topliss-reactive ketones (excluding diaryl/α,β-unsaturated/α-hetero) is 2. The smallest absolute Gasteiger partial charge is 0.337 e. The molecule has 424 valence electrons. The van der Waals surface area contributed by atoms with Crippen molar-refractivity contribution in [2.45, 2.75) is 128 Å². The van der Waals surface area contributed by atoms with Crippen molar-refractivity contribution in [2.75, 3.05) is 20.4 Å². The van der Waals surface area contributed by atoms with Gasteiger partial charge in [0.1, 0.15) is 34.9 Å². The lowest BCUT2D eigenvalue weighted by Crippen LogP contribution is -2.45. The summed E-state index contributed by atoms with van der Waals surface area (Å²) in [4.78, 5) is 45.4. The van der Waals surface area contributed by atoms with E-state index < -0.39 is 27.3 Å². The van der Waals surface area contributed by atoms with Crippen molar-refractivity contribution < 1.29 is 46.3 Å². The Morgan fingerprint density at radius 1 is 0.713 bits per heavy atom. The van der Waals surface area contributed by atoms with Gasteiger partial charge in [0.05, 0.1) is 47.9 Å². The van der Waals surface area contributed by atoms with Crippen LogP contribution in [0.4, 0.5) is 8.78 Å². The number of aliphatic hydroxyl groups is 1. The highest BCUT2D eigenvalue weighted by Gasteiger charge is 2.42. The van der Waals surface area contributed by atoms with Crippen LogP contribution in [0.2, 0.25) is 18.1 Å². The molecule has 16 heteroatoms. The number of ketones is 2. The minimum atomic E-state index is -3.25. The summed E-state index contributed by atoms with van der Waals surface area (Å²) in [5.41, 5.74) is 5.76. The second-order valence-electron chi connectivity index (χ2n) is 22.3. The summed E-state index contributed by atoms with van der Waals surface area (Å²) in [6.07, 6.45) is 13.9. The highest BCUT2D eigenvalue weighted by molar-refractivity contribution is 7.54. The van der Waals surface area contributed by atoms with Gasteiger partial charge in [-0.1, -0.05) is 143 Å². The van der Waals surface area contributed by atoms with Gasteiger partial charge in [0.15, 0.2) is 14.6 Å². The predicted molar refractivity (Wildman–Crippen MR) is 313 cm³/mol. The minimum Gasteiger partial charge on any atom is -0.414 e. The third kappa shape index (κ3) is 13.4. The molecule has 80 heavy (non-hydrogen) atoms. The third-order valence-corrected chi connectivity index (χ3v) is 22.9. The number of imidazole rings is 2. The van der Waals surface area contributed by atoms with E-state index >= 15 is 0 Å². The van der Waals surface area contributed by atoms with E-state index in [-0.39, 0.29) is 78.1 Å². The molecule has 0 spiro atoms. The van der Waals surface area contributed by atoms with Crippen molar-refractivity contribution in [3.63, 3.8) is 0 Å². The Morgan fingerprint density at radius 3 is 1.75 bits per heavy atom. The second kappa shape index (κ2) is 26.5. The Morgan fingerprint density at radius 2 is 1.23 bits per heavy atom. The molecule has 7 aromatic rings. The van der Waals surface area contributed by atoms with Gasteiger partial charge in [-0.15, -0.1) is 0 Å². The molecule has 1 N–H and O–H groups in total. The van der Waals surface area contributed by atoms with Crippen LogP contribution in [0.3, 0.4) is 0 Å². The number of rotatable bonds is 16. The first-order valence-electron chi connectivity index (χ1n) is 27.2. The molecular weight excluding hydrogens is 1050 g/mol. The van der Waals surface area contributed by atoms with E-state index in [1.54, 1.807) is 37.1 Å². The van der Waals surface area contributed by atoms with Crippen molar-refractivity contribution in [2.24, 2.45) is 11.8 Å². The summed E-state index contributed by atoms with van der Waals surface area (Å²) >= 11 is 0. The van der Waals surface area contributed by atoms with Crippen LogP contribution in [0.1, 0.15) is 125 Å². The van der Waals surface area contributed by atoms with E-state index in [2.05, 4.69) is 80.2 Å². The minimum absolute atomic E-state index is 0. The average Bonchev–Trinajstić information content (AvgIpc) is 4.25. The van der Waals surface area contributed by atoms with Crippen LogP contribution in [0.15, 0.2) is 152 Å². The number of carbonyl (C=O) groups is 3. The molecule has 10 rings (SSSR count). The van der Waals surface area contributed by atoms with Crippen molar-refractivity contribution in [1.82, 2.24) is 19.1 Å². The molecule has 2 fully saturated rings. The molecule has 0 bridgehead atoms. The predicted octanol–water partition coefficient (Wildman–Crippen LogP) is 14.7. The number of halogens is 2. The number of aliphatic hydroxyl groups excluding tert-OH is 1. The SMILES string of the molecule is C.COP(=O)(CC(=O)C1CCC(O[Si](C)(C)C(C)(C)C)CC1)OC.O=C(CC1c2c(F)cccc2-c2cncn21)C1CCC(O)CC1.O=Cc1c(F)cccc1-c1cn(C(c2ccccc2)(c2ccccc2)c2ccccc2)cn1. The summed E-state index contributed by atoms with van der Waals surface area (Å²) in [7, 11) is -2.37. The lowest BCUT2D eigenvalue weighted by Gasteiger charge is -2.41. The van der Waals surface area contributed by atoms with Crippen LogP contribution in [0, 0.1) is 23.5 Å². The highest BCUT2D eigenvalue weighted by Crippen LogP contribution is 2.48. The van der Waals surface area contributed by atoms with Gasteiger partial charge >= 0.3 is 7.60 Å². The second-order valence-corrected chi connectivity index (χ2v) is 29.3. The highest BCUT2D eigenvalue weighted by atomic mass is 31.2. The third-order valence-electron chi connectivity index (χ3n) is 16.5. The maximum absolute atomic E-state index is 14.3. The fourth-order valence-corrected chi connectivity index (χ4v) is 13.6. The Balaban J connectivity index is 0.000000177. The zero-order valence-corrected chi connectivity index (χ0v) is 48.2. The Kier molecular flexibility index (Phi) is 20.3. The van der Waals surface area contributed by atoms with E-state index in [0.29, 0.717) is 35.9 Å². The number of benzene rings is 5. The molecule has 3 heterocycles. The summed E-state index contributed by atoms with van der Waals surface area (Å²) in [5, 5.41) is 9.79. The zero-order chi connectivity index (χ0) is 56.5. The van der Waals surface area contributed by atoms with Crippen LogP contribution >= 0.6 is 7.60 Å². The molecule has 3 aliphatic rings. The normalized spacial score (nSPS) is 18.9. The van der Waals surface area contributed by atoms with E-state index in [1.807, 2.05) is 76.0 Å². The first-order chi connectivity index (χ1) is 37.8. The van der Waals surface area contributed by atoms with Crippen molar-refractivity contribution in [3.05, 3.63) is 192 Å². The van der Waals surface area contributed by atoms with Crippen molar-refractivity contribution >= 4 is 33.8 Å². The quantitative estimate of drug-likeness (QED) is 0.0428. The van der Waals surface area contributed by atoms with Crippen LogP contribution in [0.25, 0.3) is 22.5 Å². The number of hydrogen-bond donors (Lipinski definition) is 1. The Labute approximate surface area is 471 Å². The molecule has 2 saturated carbocycles. The molecule has 5 aromatic carbocycles. The van der Waals surface area contributed by atoms with E-state index in [1.165, 1.54) is 26.4 Å². The lowest BCUT2D eigenvalue weighted by molar-refractivity contribution is -0.125.